The van der Waals surface area contributed by atoms with Crippen LogP contribution in [0.15, 0.2) is 30.3 Å². The van der Waals surface area contributed by atoms with Gasteiger partial charge in [-0.2, -0.15) is 11.8 Å². The van der Waals surface area contributed by atoms with E-state index in [1.165, 1.54) is 18.7 Å². The van der Waals surface area contributed by atoms with E-state index in [1.54, 1.807) is 36.6 Å². The average molecular weight is 527 g/mol. The molecular formula is C23H34N4O8S. The van der Waals surface area contributed by atoms with E-state index in [-0.39, 0.29) is 25.7 Å². The van der Waals surface area contributed by atoms with Gasteiger partial charge in [-0.1, -0.05) is 30.3 Å². The number of aliphatic hydroxyl groups excluding tert-OH is 1. The highest BCUT2D eigenvalue weighted by Gasteiger charge is 2.32. The van der Waals surface area contributed by atoms with Gasteiger partial charge >= 0.3 is 11.9 Å². The molecule has 1 rings (SSSR count). The Labute approximate surface area is 213 Å². The Balaban J connectivity index is 3.03. The van der Waals surface area contributed by atoms with Crippen LogP contribution in [0, 0.1) is 0 Å². The number of nitrogens with one attached hydrogen (secondary N) is 3. The van der Waals surface area contributed by atoms with Crippen LogP contribution in [-0.4, -0.2) is 87.3 Å². The maximum absolute atomic E-state index is 13.1. The highest BCUT2D eigenvalue weighted by Crippen LogP contribution is 2.07. The summed E-state index contributed by atoms with van der Waals surface area (Å²) in [5.74, 6) is -4.37. The summed E-state index contributed by atoms with van der Waals surface area (Å²) in [5.41, 5.74) is 6.44. The number of aliphatic carboxylic acids is 2. The lowest BCUT2D eigenvalue weighted by Crippen LogP contribution is -2.60. The molecule has 0 aromatic heterocycles. The van der Waals surface area contributed by atoms with Gasteiger partial charge in [0.25, 0.3) is 0 Å². The van der Waals surface area contributed by atoms with Crippen LogP contribution in [0.2, 0.25) is 0 Å². The molecule has 0 spiro atoms. The SMILES string of the molecule is CSCCC(NC(=O)C(NC(=O)C(Cc1ccccc1)NC(=O)C(N)CCC(=O)O)C(C)O)C(=O)O. The molecule has 5 atom stereocenters. The number of nitrogens with two attached hydrogens (primary N) is 1. The van der Waals surface area contributed by atoms with Gasteiger partial charge in [-0.15, -0.1) is 0 Å². The largest absolute Gasteiger partial charge is 0.481 e. The van der Waals surface area contributed by atoms with Crippen molar-refractivity contribution in [2.75, 3.05) is 12.0 Å². The summed E-state index contributed by atoms with van der Waals surface area (Å²) in [5, 5.41) is 35.5. The van der Waals surface area contributed by atoms with Crippen LogP contribution >= 0.6 is 11.8 Å². The van der Waals surface area contributed by atoms with Crippen molar-refractivity contribution in [2.45, 2.75) is 62.9 Å². The first kappa shape index (κ1) is 30.9. The number of amides is 3. The minimum absolute atomic E-state index is 0.0175. The van der Waals surface area contributed by atoms with Gasteiger partial charge in [0.05, 0.1) is 12.1 Å². The maximum atomic E-state index is 13.1. The third-order valence-corrected chi connectivity index (χ3v) is 5.85. The first-order valence-electron chi connectivity index (χ1n) is 11.3. The molecule has 0 fully saturated rings. The zero-order valence-electron chi connectivity index (χ0n) is 20.2. The van der Waals surface area contributed by atoms with E-state index in [4.69, 9.17) is 10.8 Å². The molecule has 8 N–H and O–H groups in total. The fourth-order valence-electron chi connectivity index (χ4n) is 3.16. The predicted octanol–water partition coefficient (Wildman–Crippen LogP) is -0.906. The molecule has 1 aromatic carbocycles. The second-order valence-corrected chi connectivity index (χ2v) is 9.18. The Morgan fingerprint density at radius 1 is 0.917 bits per heavy atom. The smallest absolute Gasteiger partial charge is 0.326 e. The van der Waals surface area contributed by atoms with E-state index >= 15 is 0 Å². The summed E-state index contributed by atoms with van der Waals surface area (Å²) in [6.45, 7) is 1.26. The number of thioether (sulfide) groups is 1. The number of aliphatic hydroxyl groups is 1. The quantitative estimate of drug-likeness (QED) is 0.141. The number of rotatable bonds is 16. The number of carbonyl (C=O) groups excluding carboxylic acids is 3. The molecule has 0 heterocycles. The molecule has 1 aromatic rings. The summed E-state index contributed by atoms with van der Waals surface area (Å²) in [6, 6.07) is 3.57. The number of carbonyl (C=O) groups is 5. The Morgan fingerprint density at radius 3 is 2.06 bits per heavy atom. The second-order valence-electron chi connectivity index (χ2n) is 8.20. The fraction of sp³-hybridized carbons (Fsp3) is 0.522. The minimum atomic E-state index is -1.50. The van der Waals surface area contributed by atoms with E-state index in [1.807, 2.05) is 0 Å². The molecule has 0 aliphatic rings. The number of hydrogen-bond acceptors (Lipinski definition) is 8. The lowest BCUT2D eigenvalue weighted by Gasteiger charge is -2.26. The first-order chi connectivity index (χ1) is 17.0. The van der Waals surface area contributed by atoms with Crippen molar-refractivity contribution >= 4 is 41.4 Å². The lowest BCUT2D eigenvalue weighted by atomic mass is 10.0. The topological polar surface area (TPSA) is 208 Å². The molecule has 0 saturated carbocycles. The number of benzene rings is 1. The highest BCUT2D eigenvalue weighted by atomic mass is 32.2. The first-order valence-corrected chi connectivity index (χ1v) is 12.7. The number of carboxylic acid groups (broad SMARTS) is 2. The van der Waals surface area contributed by atoms with Gasteiger partial charge in [0.2, 0.25) is 17.7 Å². The molecule has 0 aliphatic carbocycles. The third-order valence-electron chi connectivity index (χ3n) is 5.21. The summed E-state index contributed by atoms with van der Waals surface area (Å²) < 4.78 is 0. The van der Waals surface area contributed by atoms with Gasteiger partial charge in [0.15, 0.2) is 0 Å². The summed E-state index contributed by atoms with van der Waals surface area (Å²) in [6.07, 6.45) is 0.0820. The fourth-order valence-corrected chi connectivity index (χ4v) is 3.63. The zero-order chi connectivity index (χ0) is 27.3. The second kappa shape index (κ2) is 15.8. The molecule has 5 unspecified atom stereocenters. The van der Waals surface area contributed by atoms with E-state index in [9.17, 15) is 34.2 Å². The Hall–Kier alpha value is -3.16. The summed E-state index contributed by atoms with van der Waals surface area (Å²) in [4.78, 5) is 60.6. The van der Waals surface area contributed by atoms with Crippen molar-refractivity contribution in [3.8, 4) is 0 Å². The minimum Gasteiger partial charge on any atom is -0.481 e. The molecular weight excluding hydrogens is 492 g/mol. The average Bonchev–Trinajstić information content (AvgIpc) is 2.82. The molecule has 0 radical (unpaired) electrons. The van der Waals surface area contributed by atoms with Crippen molar-refractivity contribution in [3.05, 3.63) is 35.9 Å². The molecule has 36 heavy (non-hydrogen) atoms. The van der Waals surface area contributed by atoms with E-state index < -0.39 is 59.9 Å². The van der Waals surface area contributed by atoms with Gasteiger partial charge < -0.3 is 37.0 Å². The molecule has 3 amide bonds. The predicted molar refractivity (Wildman–Crippen MR) is 133 cm³/mol. The number of carboxylic acids is 2. The summed E-state index contributed by atoms with van der Waals surface area (Å²) >= 11 is 1.40. The normalized spacial score (nSPS) is 15.0. The van der Waals surface area contributed by atoms with Gasteiger partial charge in [0.1, 0.15) is 18.1 Å². The van der Waals surface area contributed by atoms with Crippen LogP contribution in [0.3, 0.4) is 0 Å². The number of hydrogen-bond donors (Lipinski definition) is 7. The van der Waals surface area contributed by atoms with Crippen LogP contribution in [0.4, 0.5) is 0 Å². The molecule has 12 nitrogen and oxygen atoms in total. The monoisotopic (exact) mass is 526 g/mol. The summed E-state index contributed by atoms with van der Waals surface area (Å²) in [7, 11) is 0. The molecule has 0 saturated heterocycles. The Morgan fingerprint density at radius 2 is 1.53 bits per heavy atom. The molecule has 13 heteroatoms. The van der Waals surface area contributed by atoms with E-state index in [2.05, 4.69) is 16.0 Å². The highest BCUT2D eigenvalue weighted by molar-refractivity contribution is 7.98. The van der Waals surface area contributed by atoms with Gasteiger partial charge in [-0.3, -0.25) is 19.2 Å². The molecule has 200 valence electrons. The molecule has 0 aliphatic heterocycles. The van der Waals surface area contributed by atoms with Crippen LogP contribution in [0.1, 0.15) is 31.7 Å². The van der Waals surface area contributed by atoms with Crippen molar-refractivity contribution in [1.29, 1.82) is 0 Å². The lowest BCUT2D eigenvalue weighted by molar-refractivity contribution is -0.143. The van der Waals surface area contributed by atoms with Crippen molar-refractivity contribution in [3.63, 3.8) is 0 Å². The van der Waals surface area contributed by atoms with Crippen LogP contribution in [0.25, 0.3) is 0 Å². The van der Waals surface area contributed by atoms with Crippen LogP contribution in [0.5, 0.6) is 0 Å². The van der Waals surface area contributed by atoms with Gasteiger partial charge in [-0.25, -0.2) is 4.79 Å². The van der Waals surface area contributed by atoms with Gasteiger partial charge in [0, 0.05) is 12.8 Å². The maximum Gasteiger partial charge on any atom is 0.326 e. The Bertz CT molecular complexity index is 899. The molecule has 0 bridgehead atoms. The van der Waals surface area contributed by atoms with Crippen molar-refractivity contribution in [2.24, 2.45) is 5.73 Å². The standard InChI is InChI=1S/C23H34N4O8S/c1-13(28)19(22(33)25-16(23(34)35)10-11-36-2)27-21(32)17(12-14-6-4-3-5-7-14)26-20(31)15(24)8-9-18(29)30/h3-7,13,15-17,19,28H,8-12,24H2,1-2H3,(H,25,33)(H,26,31)(H,27,32)(H,29,30)(H,34,35). The van der Waals surface area contributed by atoms with Crippen LogP contribution < -0.4 is 21.7 Å². The van der Waals surface area contributed by atoms with Crippen molar-refractivity contribution in [1.82, 2.24) is 16.0 Å². The van der Waals surface area contributed by atoms with E-state index in [0.717, 1.165) is 0 Å². The van der Waals surface area contributed by atoms with Crippen LogP contribution in [-0.2, 0) is 30.4 Å². The zero-order valence-corrected chi connectivity index (χ0v) is 21.0. The van der Waals surface area contributed by atoms with Gasteiger partial charge in [-0.05, 0) is 37.3 Å². The Kier molecular flexibility index (Phi) is 13.5. The van der Waals surface area contributed by atoms with Crippen molar-refractivity contribution < 1.29 is 39.3 Å². The third kappa shape index (κ3) is 11.1. The van der Waals surface area contributed by atoms with E-state index in [0.29, 0.717) is 11.3 Å².